The molecule has 3 rings (SSSR count). The Hall–Kier alpha value is -2.37. The van der Waals surface area contributed by atoms with Gasteiger partial charge in [0.15, 0.2) is 0 Å². The summed E-state index contributed by atoms with van der Waals surface area (Å²) >= 11 is 0. The summed E-state index contributed by atoms with van der Waals surface area (Å²) in [4.78, 5) is 19.1. The zero-order valence-electron chi connectivity index (χ0n) is 18.2. The topological polar surface area (TPSA) is 47.0 Å². The normalized spacial score (nSPS) is 21.7. The lowest BCUT2D eigenvalue weighted by molar-refractivity contribution is 0.0389. The van der Waals surface area contributed by atoms with Gasteiger partial charge in [0.2, 0.25) is 0 Å². The summed E-state index contributed by atoms with van der Waals surface area (Å²) in [5, 5.41) is 10.1. The minimum atomic E-state index is 0.0290. The van der Waals surface area contributed by atoms with Gasteiger partial charge < -0.3 is 14.9 Å². The highest BCUT2D eigenvalue weighted by Crippen LogP contribution is 2.34. The van der Waals surface area contributed by atoms with E-state index >= 15 is 0 Å². The summed E-state index contributed by atoms with van der Waals surface area (Å²) < 4.78 is 0. The van der Waals surface area contributed by atoms with Crippen LogP contribution in [-0.4, -0.2) is 71.5 Å². The average Bonchev–Trinajstić information content (AvgIpc) is 2.71. The number of likely N-dealkylation sites (N-methyl/N-ethyl adjacent to an activating group) is 1. The Balaban J connectivity index is 1.99. The highest BCUT2D eigenvalue weighted by atomic mass is 16.3. The molecule has 29 heavy (non-hydrogen) atoms. The summed E-state index contributed by atoms with van der Waals surface area (Å²) in [7, 11) is 3.99. The molecule has 156 valence electrons. The van der Waals surface area contributed by atoms with Gasteiger partial charge in [0, 0.05) is 44.3 Å². The van der Waals surface area contributed by atoms with E-state index in [2.05, 4.69) is 48.9 Å². The molecular formula is C24H33N3O2. The van der Waals surface area contributed by atoms with Crippen LogP contribution in [0.2, 0.25) is 0 Å². The Morgan fingerprint density at radius 1 is 1.10 bits per heavy atom. The second-order valence-electron chi connectivity index (χ2n) is 8.27. The number of aromatic hydroxyl groups is 1. The van der Waals surface area contributed by atoms with Gasteiger partial charge in [-0.1, -0.05) is 24.3 Å². The van der Waals surface area contributed by atoms with Crippen LogP contribution < -0.4 is 0 Å². The van der Waals surface area contributed by atoms with E-state index in [1.54, 1.807) is 11.0 Å². The molecule has 5 heteroatoms. The van der Waals surface area contributed by atoms with E-state index in [1.807, 2.05) is 38.2 Å². The summed E-state index contributed by atoms with van der Waals surface area (Å²) in [5.41, 5.74) is 2.90. The molecule has 1 N–H and O–H groups in total. The van der Waals surface area contributed by atoms with Gasteiger partial charge in [0.1, 0.15) is 5.75 Å². The molecule has 1 amide bonds. The molecule has 1 aliphatic rings. The van der Waals surface area contributed by atoms with Crippen molar-refractivity contribution in [3.05, 3.63) is 65.2 Å². The number of piperazine rings is 1. The van der Waals surface area contributed by atoms with Crippen LogP contribution in [0.3, 0.4) is 0 Å². The summed E-state index contributed by atoms with van der Waals surface area (Å²) in [6.45, 7) is 9.10. The number of nitrogens with zero attached hydrogens (tertiary/aromatic N) is 3. The predicted molar refractivity (Wildman–Crippen MR) is 117 cm³/mol. The third-order valence-electron chi connectivity index (χ3n) is 6.16. The molecule has 3 atom stereocenters. The Morgan fingerprint density at radius 3 is 2.41 bits per heavy atom. The monoisotopic (exact) mass is 395 g/mol. The van der Waals surface area contributed by atoms with E-state index in [-0.39, 0.29) is 17.7 Å². The van der Waals surface area contributed by atoms with Crippen LogP contribution in [-0.2, 0) is 0 Å². The van der Waals surface area contributed by atoms with Crippen molar-refractivity contribution in [1.82, 2.24) is 14.7 Å². The predicted octanol–water partition coefficient (Wildman–Crippen LogP) is 3.60. The number of carbonyl (C=O) groups is 1. The highest BCUT2D eigenvalue weighted by Gasteiger charge is 2.33. The minimum Gasteiger partial charge on any atom is -0.508 e. The lowest BCUT2D eigenvalue weighted by Gasteiger charge is -2.46. The van der Waals surface area contributed by atoms with E-state index in [0.717, 1.165) is 24.2 Å². The molecule has 0 aliphatic carbocycles. The minimum absolute atomic E-state index is 0.0290. The maximum atomic E-state index is 12.5. The molecular weight excluding hydrogens is 362 g/mol. The van der Waals surface area contributed by atoms with Crippen LogP contribution in [0.4, 0.5) is 0 Å². The van der Waals surface area contributed by atoms with E-state index in [0.29, 0.717) is 24.2 Å². The maximum absolute atomic E-state index is 12.5. The van der Waals surface area contributed by atoms with Crippen molar-refractivity contribution < 1.29 is 9.90 Å². The fraction of sp³-hybridized carbons (Fsp3) is 0.458. The Bertz CT molecular complexity index is 836. The largest absolute Gasteiger partial charge is 0.508 e. The van der Waals surface area contributed by atoms with E-state index in [4.69, 9.17) is 0 Å². The SMILES string of the molecule is CCN(C)C(=O)c1ccc([C@@H](c2cccc(O)c2)N2C[C@@H](C)N(C)C[C@H]2C)cc1. The zero-order valence-corrected chi connectivity index (χ0v) is 18.2. The van der Waals surface area contributed by atoms with Gasteiger partial charge in [-0.2, -0.15) is 0 Å². The number of hydrogen-bond donors (Lipinski definition) is 1. The second kappa shape index (κ2) is 8.97. The van der Waals surface area contributed by atoms with E-state index < -0.39 is 0 Å². The smallest absolute Gasteiger partial charge is 0.253 e. The molecule has 5 nitrogen and oxygen atoms in total. The van der Waals surface area contributed by atoms with Crippen molar-refractivity contribution in [1.29, 1.82) is 0 Å². The first-order chi connectivity index (χ1) is 13.8. The molecule has 0 bridgehead atoms. The molecule has 1 fully saturated rings. The van der Waals surface area contributed by atoms with Crippen molar-refractivity contribution in [2.24, 2.45) is 0 Å². The lowest BCUT2D eigenvalue weighted by atomic mass is 9.93. The summed E-state index contributed by atoms with van der Waals surface area (Å²) in [6.07, 6.45) is 0. The standard InChI is InChI=1S/C24H33N3O2/c1-6-25(4)24(29)20-12-10-19(11-13-20)23(21-8-7-9-22(28)14-21)27-16-17(2)26(5)15-18(27)3/h7-14,17-18,23,28H,6,15-16H2,1-5H3/t17-,18-,23+/m1/s1. The van der Waals surface area contributed by atoms with Gasteiger partial charge in [-0.3, -0.25) is 9.69 Å². The van der Waals surface area contributed by atoms with E-state index in [9.17, 15) is 9.90 Å². The molecule has 1 aliphatic heterocycles. The Labute approximate surface area is 174 Å². The van der Waals surface area contributed by atoms with Gasteiger partial charge in [-0.05, 0) is 63.2 Å². The molecule has 0 spiro atoms. The van der Waals surface area contributed by atoms with Crippen LogP contribution in [0.1, 0.15) is 48.3 Å². The summed E-state index contributed by atoms with van der Waals surface area (Å²) in [6, 6.07) is 16.3. The number of hydrogen-bond acceptors (Lipinski definition) is 4. The molecule has 0 saturated carbocycles. The number of carbonyl (C=O) groups excluding carboxylic acids is 1. The van der Waals surface area contributed by atoms with Gasteiger partial charge in [0.05, 0.1) is 6.04 Å². The third-order valence-corrected chi connectivity index (χ3v) is 6.16. The molecule has 0 aromatic heterocycles. The first-order valence-corrected chi connectivity index (χ1v) is 10.4. The van der Waals surface area contributed by atoms with Gasteiger partial charge in [-0.25, -0.2) is 0 Å². The van der Waals surface area contributed by atoms with Crippen LogP contribution >= 0.6 is 0 Å². The summed E-state index contributed by atoms with van der Waals surface area (Å²) in [5.74, 6) is 0.313. The van der Waals surface area contributed by atoms with Crippen LogP contribution in [0.25, 0.3) is 0 Å². The van der Waals surface area contributed by atoms with Crippen molar-refractivity contribution in [2.75, 3.05) is 33.7 Å². The van der Waals surface area contributed by atoms with E-state index in [1.165, 1.54) is 0 Å². The quantitative estimate of drug-likeness (QED) is 0.840. The van der Waals surface area contributed by atoms with Crippen LogP contribution in [0.5, 0.6) is 5.75 Å². The fourth-order valence-corrected chi connectivity index (χ4v) is 4.13. The number of rotatable bonds is 5. The highest BCUT2D eigenvalue weighted by molar-refractivity contribution is 5.94. The average molecular weight is 396 g/mol. The fourth-order valence-electron chi connectivity index (χ4n) is 4.13. The van der Waals surface area contributed by atoms with Crippen molar-refractivity contribution in [2.45, 2.75) is 38.9 Å². The van der Waals surface area contributed by atoms with Gasteiger partial charge in [-0.15, -0.1) is 0 Å². The Morgan fingerprint density at radius 2 is 1.79 bits per heavy atom. The molecule has 0 radical (unpaired) electrons. The maximum Gasteiger partial charge on any atom is 0.253 e. The van der Waals surface area contributed by atoms with Crippen molar-refractivity contribution in [3.8, 4) is 5.75 Å². The van der Waals surface area contributed by atoms with Gasteiger partial charge in [0.25, 0.3) is 5.91 Å². The van der Waals surface area contributed by atoms with Crippen LogP contribution in [0, 0.1) is 0 Å². The molecule has 1 saturated heterocycles. The number of amides is 1. The zero-order chi connectivity index (χ0) is 21.1. The first kappa shape index (κ1) is 21.3. The molecule has 0 unspecified atom stereocenters. The third kappa shape index (κ3) is 4.62. The van der Waals surface area contributed by atoms with Crippen molar-refractivity contribution in [3.63, 3.8) is 0 Å². The van der Waals surface area contributed by atoms with Crippen molar-refractivity contribution >= 4 is 5.91 Å². The van der Waals surface area contributed by atoms with Gasteiger partial charge >= 0.3 is 0 Å². The lowest BCUT2D eigenvalue weighted by Crippen LogP contribution is -2.55. The molecule has 2 aromatic carbocycles. The molecule has 2 aromatic rings. The second-order valence-corrected chi connectivity index (χ2v) is 8.27. The Kier molecular flexibility index (Phi) is 6.60. The van der Waals surface area contributed by atoms with Crippen LogP contribution in [0.15, 0.2) is 48.5 Å². The first-order valence-electron chi connectivity index (χ1n) is 10.4. The molecule has 1 heterocycles. The number of benzene rings is 2. The number of phenolic OH excluding ortho intramolecular Hbond substituents is 1. The number of phenols is 1.